The minimum Gasteiger partial charge on any atom is -0.790 e. The van der Waals surface area contributed by atoms with Gasteiger partial charge in [0, 0.05) is 5.56 Å². The Hall–Kier alpha value is 0.540. The number of fused-ring (bicyclic) bond motifs is 3. The van der Waals surface area contributed by atoms with Crippen LogP contribution in [0.25, 0.3) is 11.3 Å². The molecule has 6 nitrogen and oxygen atoms in total. The zero-order valence-electron chi connectivity index (χ0n) is 15.9. The van der Waals surface area contributed by atoms with Crippen molar-refractivity contribution in [3.8, 4) is 11.3 Å². The van der Waals surface area contributed by atoms with Crippen molar-refractivity contribution in [1.82, 2.24) is 9.55 Å². The molecule has 1 aromatic heterocycles. The molecule has 2 aliphatic rings. The average Bonchev–Trinajstić information content (AvgIpc) is 3.17. The van der Waals surface area contributed by atoms with Crippen LogP contribution in [-0.4, -0.2) is 15.7 Å². The molecule has 1 aliphatic heterocycles. The third-order valence-corrected chi connectivity index (χ3v) is 6.02. The summed E-state index contributed by atoms with van der Waals surface area (Å²) in [6, 6.07) is 8.02. The van der Waals surface area contributed by atoms with Gasteiger partial charge in [-0.05, 0) is 30.7 Å². The van der Waals surface area contributed by atoms with Gasteiger partial charge in [0.15, 0.2) is 0 Å². The fourth-order valence-corrected chi connectivity index (χ4v) is 4.98. The molecular weight excluding hydrogens is 385 g/mol. The van der Waals surface area contributed by atoms with Crippen LogP contribution in [0.15, 0.2) is 36.8 Å². The Bertz CT molecular complexity index is 804. The van der Waals surface area contributed by atoms with E-state index in [1.54, 1.807) is 6.33 Å². The first-order valence-electron chi connectivity index (χ1n) is 8.84. The number of benzene rings is 1. The molecule has 9 heteroatoms. The van der Waals surface area contributed by atoms with E-state index >= 15 is 0 Å². The summed E-state index contributed by atoms with van der Waals surface area (Å²) in [6.07, 6.45) is 8.59. The van der Waals surface area contributed by atoms with Gasteiger partial charge < -0.3 is 23.4 Å². The van der Waals surface area contributed by atoms with E-state index in [4.69, 9.17) is 4.52 Å². The predicted molar refractivity (Wildman–Crippen MR) is 89.5 cm³/mol. The Balaban J connectivity index is 0.00000131. The van der Waals surface area contributed by atoms with Gasteiger partial charge in [-0.1, -0.05) is 43.5 Å². The van der Waals surface area contributed by atoms with Crippen LogP contribution < -0.4 is 68.9 Å². The number of rotatable bonds is 5. The van der Waals surface area contributed by atoms with Gasteiger partial charge in [-0.2, -0.15) is 0 Å². The summed E-state index contributed by atoms with van der Waals surface area (Å²) in [7, 11) is -5.02. The Morgan fingerprint density at radius 1 is 1.19 bits per heavy atom. The second-order valence-corrected chi connectivity index (χ2v) is 8.12. The van der Waals surface area contributed by atoms with Crippen LogP contribution in [0.2, 0.25) is 0 Å². The van der Waals surface area contributed by atoms with E-state index in [-0.39, 0.29) is 71.1 Å². The first kappa shape index (κ1) is 23.8. The van der Waals surface area contributed by atoms with E-state index in [0.29, 0.717) is 6.42 Å². The van der Waals surface area contributed by atoms with Crippen molar-refractivity contribution in [3.05, 3.63) is 42.4 Å². The maximum absolute atomic E-state index is 11.3. The SMILES string of the molecule is O=P([O-])([O-])OC(CC1c2ccccc2-c2cncn21)C1CCCCC1.[Na+].[Na+]. The van der Waals surface area contributed by atoms with Crippen LogP contribution in [0, 0.1) is 5.92 Å². The largest absolute Gasteiger partial charge is 1.00 e. The fraction of sp³-hybridized carbons (Fsp3) is 0.500. The molecule has 0 saturated heterocycles. The van der Waals surface area contributed by atoms with Crippen LogP contribution in [-0.2, 0) is 9.09 Å². The minimum absolute atomic E-state index is 0. The molecule has 0 bridgehead atoms. The van der Waals surface area contributed by atoms with E-state index in [9.17, 15) is 14.4 Å². The monoisotopic (exact) mass is 406 g/mol. The fourth-order valence-electron chi connectivity index (χ4n) is 4.39. The quantitative estimate of drug-likeness (QED) is 0.382. The minimum atomic E-state index is -5.02. The van der Waals surface area contributed by atoms with E-state index in [0.717, 1.165) is 48.9 Å². The first-order chi connectivity index (χ1) is 12.0. The van der Waals surface area contributed by atoms with Gasteiger partial charge in [0.05, 0.1) is 38.2 Å². The molecule has 2 atom stereocenters. The smallest absolute Gasteiger partial charge is 0.790 e. The molecule has 1 aliphatic carbocycles. The van der Waals surface area contributed by atoms with E-state index in [1.165, 1.54) is 0 Å². The van der Waals surface area contributed by atoms with Crippen molar-refractivity contribution in [2.75, 3.05) is 0 Å². The standard InChI is InChI=1S/C18H23N2O4P.2Na/c21-25(22,23)24-18(13-6-2-1-3-7-13)10-16-14-8-4-5-9-15(14)17-11-19-12-20(16)17;;/h4-5,8-9,11-13,16,18H,1-3,6-7,10H2,(H2,21,22,23);;/q;2*+1/p-2. The Kier molecular flexibility index (Phi) is 8.85. The first-order valence-corrected chi connectivity index (χ1v) is 10.3. The zero-order chi connectivity index (χ0) is 17.4. The van der Waals surface area contributed by atoms with Gasteiger partial charge in [-0.25, -0.2) is 4.98 Å². The number of nitrogens with zero attached hydrogens (tertiary/aromatic N) is 2. The van der Waals surface area contributed by atoms with Crippen LogP contribution in [0.5, 0.6) is 0 Å². The third-order valence-electron chi connectivity index (χ3n) is 5.49. The van der Waals surface area contributed by atoms with Gasteiger partial charge in [-0.3, -0.25) is 0 Å². The van der Waals surface area contributed by atoms with Gasteiger partial charge >= 0.3 is 59.1 Å². The molecule has 2 unspecified atom stereocenters. The average molecular weight is 406 g/mol. The predicted octanol–water partition coefficient (Wildman–Crippen LogP) is -3.35. The summed E-state index contributed by atoms with van der Waals surface area (Å²) < 4.78 is 18.4. The molecule has 4 rings (SSSR count). The molecule has 0 radical (unpaired) electrons. The summed E-state index contributed by atoms with van der Waals surface area (Å²) in [5, 5.41) is 0. The molecule has 134 valence electrons. The zero-order valence-corrected chi connectivity index (χ0v) is 20.8. The normalized spacial score (nSPS) is 20.1. The molecule has 0 spiro atoms. The van der Waals surface area contributed by atoms with Gasteiger partial charge in [0.1, 0.15) is 0 Å². The molecule has 1 saturated carbocycles. The summed E-state index contributed by atoms with van der Waals surface area (Å²) in [5.41, 5.74) is 3.27. The van der Waals surface area contributed by atoms with E-state index in [1.807, 2.05) is 24.4 Å². The van der Waals surface area contributed by atoms with Gasteiger partial charge in [0.25, 0.3) is 0 Å². The van der Waals surface area contributed by atoms with Crippen molar-refractivity contribution in [3.63, 3.8) is 0 Å². The molecule has 0 amide bonds. The van der Waals surface area contributed by atoms with Crippen LogP contribution in [0.1, 0.15) is 50.1 Å². The number of hydrogen-bond acceptors (Lipinski definition) is 5. The molecule has 1 fully saturated rings. The topological polar surface area (TPSA) is 90.2 Å². The van der Waals surface area contributed by atoms with Crippen LogP contribution in [0.4, 0.5) is 0 Å². The Morgan fingerprint density at radius 2 is 1.89 bits per heavy atom. The number of aromatic nitrogens is 2. The number of phosphoric acid groups is 1. The maximum Gasteiger partial charge on any atom is 1.00 e. The third kappa shape index (κ3) is 5.37. The molecule has 2 aromatic rings. The summed E-state index contributed by atoms with van der Waals surface area (Å²) in [4.78, 5) is 26.9. The van der Waals surface area contributed by atoms with Crippen molar-refractivity contribution in [2.24, 2.45) is 5.92 Å². The van der Waals surface area contributed by atoms with Crippen LogP contribution >= 0.6 is 7.82 Å². The molecule has 27 heavy (non-hydrogen) atoms. The number of phosphoric ester groups is 1. The maximum atomic E-state index is 11.3. The number of imidazole rings is 1. The summed E-state index contributed by atoms with van der Waals surface area (Å²) in [5.74, 6) is 0.115. The van der Waals surface area contributed by atoms with E-state index < -0.39 is 13.9 Å². The second kappa shape index (κ2) is 10.0. The Labute approximate surface area is 203 Å². The number of hydrogen-bond donors (Lipinski definition) is 0. The second-order valence-electron chi connectivity index (χ2n) is 7.01. The summed E-state index contributed by atoms with van der Waals surface area (Å²) in [6.45, 7) is 0. The van der Waals surface area contributed by atoms with Crippen molar-refractivity contribution < 1.29 is 78.0 Å². The van der Waals surface area contributed by atoms with Crippen LogP contribution in [0.3, 0.4) is 0 Å². The van der Waals surface area contributed by atoms with Crippen molar-refractivity contribution in [1.29, 1.82) is 0 Å². The Morgan fingerprint density at radius 3 is 2.59 bits per heavy atom. The molecule has 0 N–H and O–H groups in total. The van der Waals surface area contributed by atoms with Crippen molar-refractivity contribution in [2.45, 2.75) is 50.7 Å². The molecule has 1 aromatic carbocycles. The molecule has 2 heterocycles. The summed E-state index contributed by atoms with van der Waals surface area (Å²) >= 11 is 0. The van der Waals surface area contributed by atoms with Gasteiger partial charge in [-0.15, -0.1) is 0 Å². The van der Waals surface area contributed by atoms with Crippen molar-refractivity contribution >= 4 is 7.82 Å². The van der Waals surface area contributed by atoms with Gasteiger partial charge in [0.2, 0.25) is 0 Å². The molecular formula is C18H21N2Na2O4P. The van der Waals surface area contributed by atoms with E-state index in [2.05, 4.69) is 15.6 Å².